The van der Waals surface area contributed by atoms with Crippen LogP contribution in [0.2, 0.25) is 0 Å². The number of halogens is 2. The SMILES string of the molecule is CCCCN[C@@H](C)c1ccc(F)cc1F. The Hall–Kier alpha value is -0.960. The monoisotopic (exact) mass is 213 g/mol. The molecule has 1 aromatic carbocycles. The fourth-order valence-corrected chi connectivity index (χ4v) is 1.46. The van der Waals surface area contributed by atoms with E-state index >= 15 is 0 Å². The van der Waals surface area contributed by atoms with Gasteiger partial charge in [0.1, 0.15) is 11.6 Å². The van der Waals surface area contributed by atoms with Crippen LogP contribution in [0.3, 0.4) is 0 Å². The molecule has 0 fully saturated rings. The number of rotatable bonds is 5. The molecule has 15 heavy (non-hydrogen) atoms. The summed E-state index contributed by atoms with van der Waals surface area (Å²) in [5, 5.41) is 3.20. The van der Waals surface area contributed by atoms with Crippen LogP contribution in [0.4, 0.5) is 8.78 Å². The van der Waals surface area contributed by atoms with Crippen molar-refractivity contribution < 1.29 is 8.78 Å². The summed E-state index contributed by atoms with van der Waals surface area (Å²) < 4.78 is 26.0. The maximum absolute atomic E-state index is 13.3. The van der Waals surface area contributed by atoms with Crippen LogP contribution in [0.15, 0.2) is 18.2 Å². The van der Waals surface area contributed by atoms with Crippen LogP contribution in [-0.2, 0) is 0 Å². The Balaban J connectivity index is 2.61. The summed E-state index contributed by atoms with van der Waals surface area (Å²) in [5.41, 5.74) is 0.521. The average Bonchev–Trinajstić information content (AvgIpc) is 2.17. The highest BCUT2D eigenvalue weighted by atomic mass is 19.1. The van der Waals surface area contributed by atoms with Crippen molar-refractivity contribution in [3.8, 4) is 0 Å². The normalized spacial score (nSPS) is 12.8. The third-order valence-corrected chi connectivity index (χ3v) is 2.41. The molecule has 0 aliphatic heterocycles. The van der Waals surface area contributed by atoms with Crippen molar-refractivity contribution in [1.29, 1.82) is 0 Å². The van der Waals surface area contributed by atoms with Crippen LogP contribution in [-0.4, -0.2) is 6.54 Å². The molecule has 0 radical (unpaired) electrons. The van der Waals surface area contributed by atoms with Gasteiger partial charge in [0.15, 0.2) is 0 Å². The van der Waals surface area contributed by atoms with Gasteiger partial charge in [0.05, 0.1) is 0 Å². The zero-order chi connectivity index (χ0) is 11.3. The van der Waals surface area contributed by atoms with Gasteiger partial charge >= 0.3 is 0 Å². The van der Waals surface area contributed by atoms with Crippen LogP contribution < -0.4 is 5.32 Å². The van der Waals surface area contributed by atoms with Crippen molar-refractivity contribution in [2.45, 2.75) is 32.7 Å². The van der Waals surface area contributed by atoms with Crippen molar-refractivity contribution in [2.75, 3.05) is 6.54 Å². The van der Waals surface area contributed by atoms with Crippen LogP contribution >= 0.6 is 0 Å². The molecule has 1 rings (SSSR count). The van der Waals surface area contributed by atoms with Crippen molar-refractivity contribution in [1.82, 2.24) is 5.32 Å². The molecular formula is C12H17F2N. The minimum atomic E-state index is -0.531. The third-order valence-electron chi connectivity index (χ3n) is 2.41. The Bertz CT molecular complexity index is 312. The summed E-state index contributed by atoms with van der Waals surface area (Å²) in [6.07, 6.45) is 2.17. The Kier molecular flexibility index (Phi) is 4.69. The molecule has 0 bridgehead atoms. The summed E-state index contributed by atoms with van der Waals surface area (Å²) in [7, 11) is 0. The van der Waals surface area contributed by atoms with Gasteiger partial charge in [-0.2, -0.15) is 0 Å². The highest BCUT2D eigenvalue weighted by Crippen LogP contribution is 2.17. The fourth-order valence-electron chi connectivity index (χ4n) is 1.46. The van der Waals surface area contributed by atoms with Crippen molar-refractivity contribution in [3.05, 3.63) is 35.4 Å². The Morgan fingerprint density at radius 2 is 2.07 bits per heavy atom. The molecule has 0 saturated heterocycles. The van der Waals surface area contributed by atoms with Gasteiger partial charge in [0.2, 0.25) is 0 Å². The molecule has 0 saturated carbocycles. The molecule has 1 atom stereocenters. The lowest BCUT2D eigenvalue weighted by atomic mass is 10.1. The zero-order valence-corrected chi connectivity index (χ0v) is 9.19. The molecule has 1 aromatic rings. The zero-order valence-electron chi connectivity index (χ0n) is 9.19. The number of hydrogen-bond donors (Lipinski definition) is 1. The van der Waals surface area contributed by atoms with Gasteiger partial charge in [-0.15, -0.1) is 0 Å². The molecular weight excluding hydrogens is 196 g/mol. The molecule has 0 heterocycles. The lowest BCUT2D eigenvalue weighted by Gasteiger charge is -2.14. The maximum atomic E-state index is 13.3. The number of nitrogens with one attached hydrogen (secondary N) is 1. The largest absolute Gasteiger partial charge is 0.310 e. The average molecular weight is 213 g/mol. The van der Waals surface area contributed by atoms with E-state index in [0.717, 1.165) is 25.5 Å². The second kappa shape index (κ2) is 5.81. The second-order valence-electron chi connectivity index (χ2n) is 3.70. The van der Waals surface area contributed by atoms with E-state index in [1.54, 1.807) is 0 Å². The number of benzene rings is 1. The summed E-state index contributed by atoms with van der Waals surface area (Å²) in [6.45, 7) is 4.84. The van der Waals surface area contributed by atoms with Crippen LogP contribution in [0.25, 0.3) is 0 Å². The first-order valence-corrected chi connectivity index (χ1v) is 5.33. The van der Waals surface area contributed by atoms with Gasteiger partial charge in [-0.1, -0.05) is 19.4 Å². The first kappa shape index (κ1) is 12.1. The molecule has 0 spiro atoms. The molecule has 1 N–H and O–H groups in total. The van der Waals surface area contributed by atoms with E-state index in [4.69, 9.17) is 0 Å². The minimum Gasteiger partial charge on any atom is -0.310 e. The van der Waals surface area contributed by atoms with Gasteiger partial charge in [-0.05, 0) is 26.0 Å². The van der Waals surface area contributed by atoms with Gasteiger partial charge in [0.25, 0.3) is 0 Å². The lowest BCUT2D eigenvalue weighted by molar-refractivity contribution is 0.511. The van der Waals surface area contributed by atoms with Crippen LogP contribution in [0.1, 0.15) is 38.3 Å². The molecule has 1 nitrogen and oxygen atoms in total. The highest BCUT2D eigenvalue weighted by molar-refractivity contribution is 5.21. The van der Waals surface area contributed by atoms with Crippen molar-refractivity contribution >= 4 is 0 Å². The fraction of sp³-hybridized carbons (Fsp3) is 0.500. The van der Waals surface area contributed by atoms with E-state index in [-0.39, 0.29) is 6.04 Å². The molecule has 3 heteroatoms. The van der Waals surface area contributed by atoms with Gasteiger partial charge in [-0.3, -0.25) is 0 Å². The van der Waals surface area contributed by atoms with E-state index in [9.17, 15) is 8.78 Å². The highest BCUT2D eigenvalue weighted by Gasteiger charge is 2.10. The molecule has 0 aliphatic carbocycles. The van der Waals surface area contributed by atoms with Gasteiger partial charge in [-0.25, -0.2) is 8.78 Å². The summed E-state index contributed by atoms with van der Waals surface area (Å²) >= 11 is 0. The number of hydrogen-bond acceptors (Lipinski definition) is 1. The molecule has 0 aliphatic rings. The second-order valence-corrected chi connectivity index (χ2v) is 3.70. The molecule has 0 amide bonds. The van der Waals surface area contributed by atoms with E-state index in [0.29, 0.717) is 5.56 Å². The topological polar surface area (TPSA) is 12.0 Å². The van der Waals surface area contributed by atoms with Crippen LogP contribution in [0, 0.1) is 11.6 Å². The van der Waals surface area contributed by atoms with E-state index in [2.05, 4.69) is 12.2 Å². The van der Waals surface area contributed by atoms with E-state index in [1.807, 2.05) is 6.92 Å². The van der Waals surface area contributed by atoms with Gasteiger partial charge in [0, 0.05) is 17.7 Å². The quantitative estimate of drug-likeness (QED) is 0.739. The van der Waals surface area contributed by atoms with Crippen molar-refractivity contribution in [2.24, 2.45) is 0 Å². The van der Waals surface area contributed by atoms with Gasteiger partial charge < -0.3 is 5.32 Å². The smallest absolute Gasteiger partial charge is 0.130 e. The van der Waals surface area contributed by atoms with E-state index in [1.165, 1.54) is 12.1 Å². The maximum Gasteiger partial charge on any atom is 0.130 e. The summed E-state index contributed by atoms with van der Waals surface area (Å²) in [6, 6.07) is 3.63. The summed E-state index contributed by atoms with van der Waals surface area (Å²) in [4.78, 5) is 0. The Labute approximate surface area is 89.5 Å². The Morgan fingerprint density at radius 1 is 1.33 bits per heavy atom. The molecule has 84 valence electrons. The predicted octanol–water partition coefficient (Wildman–Crippen LogP) is 3.42. The van der Waals surface area contributed by atoms with Crippen LogP contribution in [0.5, 0.6) is 0 Å². The standard InChI is InChI=1S/C12H17F2N/c1-3-4-7-15-9(2)11-6-5-10(13)8-12(11)14/h5-6,8-9,15H,3-4,7H2,1-2H3/t9-/m0/s1. The lowest BCUT2D eigenvalue weighted by Crippen LogP contribution is -2.20. The Morgan fingerprint density at radius 3 is 2.67 bits per heavy atom. The van der Waals surface area contributed by atoms with E-state index < -0.39 is 11.6 Å². The van der Waals surface area contributed by atoms with Crippen molar-refractivity contribution in [3.63, 3.8) is 0 Å². The molecule has 0 unspecified atom stereocenters. The first-order chi connectivity index (χ1) is 7.15. The summed E-state index contributed by atoms with van der Waals surface area (Å²) in [5.74, 6) is -1.01. The third kappa shape index (κ3) is 3.59. The first-order valence-electron chi connectivity index (χ1n) is 5.33. The predicted molar refractivity (Wildman–Crippen MR) is 57.7 cm³/mol. The number of unbranched alkanes of at least 4 members (excludes halogenated alkanes) is 1. The minimum absolute atomic E-state index is 0.0721. The molecule has 0 aromatic heterocycles.